The average molecular weight is 743 g/mol. The van der Waals surface area contributed by atoms with Crippen molar-refractivity contribution in [3.05, 3.63) is 139 Å². The topological polar surface area (TPSA) is 8.17 Å². The smallest absolute Gasteiger partial charge is 0.343 e. The maximum absolute atomic E-state index is 2.68. The van der Waals surface area contributed by atoms with Crippen molar-refractivity contribution < 1.29 is 0 Å². The summed E-state index contributed by atoms with van der Waals surface area (Å²) >= 11 is 3.90. The molecular weight excluding hydrogens is 704 g/mol. The van der Waals surface area contributed by atoms with E-state index in [2.05, 4.69) is 178 Å². The van der Waals surface area contributed by atoms with E-state index in [0.717, 1.165) is 0 Å². The molecule has 0 N–H and O–H groups in total. The summed E-state index contributed by atoms with van der Waals surface area (Å²) < 4.78 is 8.13. The number of benzene rings is 7. The van der Waals surface area contributed by atoms with Crippen LogP contribution in [0.4, 0.5) is 11.4 Å². The number of hydrogen-bond donors (Lipinski definition) is 0. The van der Waals surface area contributed by atoms with Gasteiger partial charge in [-0.1, -0.05) is 120 Å². The fraction of sp³-hybridized carbons (Fsp3) is 0.160. The Kier molecular flexibility index (Phi) is 6.21. The largest absolute Gasteiger partial charge is 0.376 e. The van der Waals surface area contributed by atoms with Gasteiger partial charge in [0.2, 0.25) is 0 Å². The molecule has 0 atom stereocenters. The summed E-state index contributed by atoms with van der Waals surface area (Å²) in [5.41, 5.74) is 13.4. The van der Waals surface area contributed by atoms with Crippen LogP contribution in [0.3, 0.4) is 0 Å². The zero-order chi connectivity index (χ0) is 37.1. The van der Waals surface area contributed by atoms with E-state index < -0.39 is 0 Å². The highest BCUT2D eigenvalue weighted by atomic mass is 32.1. The van der Waals surface area contributed by atoms with Crippen molar-refractivity contribution in [2.45, 2.75) is 52.4 Å². The molecule has 2 aliphatic heterocycles. The second-order valence-corrected chi connectivity index (χ2v) is 19.9. The van der Waals surface area contributed by atoms with E-state index in [4.69, 9.17) is 0 Å². The van der Waals surface area contributed by atoms with Crippen molar-refractivity contribution >= 4 is 114 Å². The van der Waals surface area contributed by atoms with Crippen molar-refractivity contribution in [2.24, 2.45) is 0 Å². The average Bonchev–Trinajstić information content (AvgIpc) is 3.84. The van der Waals surface area contributed by atoms with Gasteiger partial charge < -0.3 is 9.38 Å². The minimum Gasteiger partial charge on any atom is -0.376 e. The molecule has 264 valence electrons. The van der Waals surface area contributed by atoms with Gasteiger partial charge in [0.15, 0.2) is 0 Å². The first-order valence-electron chi connectivity index (χ1n) is 19.5. The number of thiophene rings is 2. The number of nitrogens with zero attached hydrogens (tertiary/aromatic N) is 2. The van der Waals surface area contributed by atoms with Gasteiger partial charge in [0.05, 0.1) is 16.7 Å². The fourth-order valence-corrected chi connectivity index (χ4v) is 12.1. The molecule has 0 amide bonds. The van der Waals surface area contributed by atoms with Crippen LogP contribution in [0.5, 0.6) is 0 Å². The van der Waals surface area contributed by atoms with Gasteiger partial charge in [0.1, 0.15) is 0 Å². The predicted molar refractivity (Wildman–Crippen MR) is 243 cm³/mol. The van der Waals surface area contributed by atoms with Gasteiger partial charge in [-0.05, 0) is 92.3 Å². The Hall–Kier alpha value is -5.36. The number of hydrogen-bond acceptors (Lipinski definition) is 3. The second-order valence-electron chi connectivity index (χ2n) is 17.7. The lowest BCUT2D eigenvalue weighted by Gasteiger charge is -2.41. The van der Waals surface area contributed by atoms with Crippen LogP contribution in [-0.4, -0.2) is 11.4 Å². The van der Waals surface area contributed by atoms with E-state index in [9.17, 15) is 0 Å². The molecule has 55 heavy (non-hydrogen) atoms. The third-order valence-corrected chi connectivity index (χ3v) is 14.8. The van der Waals surface area contributed by atoms with Crippen LogP contribution >= 0.6 is 22.7 Å². The minimum absolute atomic E-state index is 0.0112. The third-order valence-electron chi connectivity index (χ3n) is 12.5. The number of aromatic nitrogens is 1. The number of fused-ring (bicyclic) bond motifs is 15. The van der Waals surface area contributed by atoms with Gasteiger partial charge in [-0.15, -0.1) is 22.7 Å². The second kappa shape index (κ2) is 10.7. The fourth-order valence-electron chi connectivity index (χ4n) is 9.73. The van der Waals surface area contributed by atoms with Crippen LogP contribution in [0.15, 0.2) is 127 Å². The minimum atomic E-state index is 0.0112. The van der Waals surface area contributed by atoms with Crippen molar-refractivity contribution in [2.75, 3.05) is 4.81 Å². The molecule has 0 radical (unpaired) electrons. The molecule has 5 heterocycles. The lowest BCUT2D eigenvalue weighted by Crippen LogP contribution is -2.59. The van der Waals surface area contributed by atoms with E-state index in [1.807, 2.05) is 22.7 Å². The molecule has 0 fully saturated rings. The van der Waals surface area contributed by atoms with Crippen LogP contribution in [0.1, 0.15) is 52.7 Å². The number of anilines is 2. The maximum Gasteiger partial charge on any atom is 0.343 e. The molecule has 0 bridgehead atoms. The van der Waals surface area contributed by atoms with Crippen molar-refractivity contribution in [3.8, 4) is 16.8 Å². The molecule has 2 nitrogen and oxygen atoms in total. The maximum atomic E-state index is 2.68. The molecule has 3 aromatic heterocycles. The first-order valence-corrected chi connectivity index (χ1v) is 21.1. The Morgan fingerprint density at radius 2 is 1.25 bits per heavy atom. The van der Waals surface area contributed by atoms with Crippen LogP contribution < -0.4 is 15.1 Å². The zero-order valence-electron chi connectivity index (χ0n) is 31.9. The highest BCUT2D eigenvalue weighted by Gasteiger charge is 2.46. The van der Waals surface area contributed by atoms with Crippen molar-refractivity contribution in [1.82, 2.24) is 4.57 Å². The highest BCUT2D eigenvalue weighted by Crippen LogP contribution is 2.50. The van der Waals surface area contributed by atoms with E-state index in [0.29, 0.717) is 0 Å². The summed E-state index contributed by atoms with van der Waals surface area (Å²) in [6.07, 6.45) is 0. The third kappa shape index (κ3) is 4.26. The highest BCUT2D eigenvalue weighted by molar-refractivity contribution is 7.32. The van der Waals surface area contributed by atoms with E-state index in [1.165, 1.54) is 112 Å². The van der Waals surface area contributed by atoms with Gasteiger partial charge >= 0.3 is 6.85 Å². The molecular formula is C50H39BN2S2. The lowest BCUT2D eigenvalue weighted by molar-refractivity contribution is 0.590. The first kappa shape index (κ1) is 31.9. The summed E-state index contributed by atoms with van der Waals surface area (Å²) in [7, 11) is 0. The first-order chi connectivity index (χ1) is 26.5. The summed E-state index contributed by atoms with van der Waals surface area (Å²) in [4.78, 5) is 2.68. The molecule has 0 saturated heterocycles. The molecule has 12 rings (SSSR count). The monoisotopic (exact) mass is 742 g/mol. The van der Waals surface area contributed by atoms with Gasteiger partial charge in [-0.2, -0.15) is 0 Å². The molecule has 5 heteroatoms. The van der Waals surface area contributed by atoms with Gasteiger partial charge in [-0.3, -0.25) is 0 Å². The quantitative estimate of drug-likeness (QED) is 0.152. The number of rotatable bonds is 1. The van der Waals surface area contributed by atoms with E-state index in [1.54, 1.807) is 0 Å². The summed E-state index contributed by atoms with van der Waals surface area (Å²) in [6, 6.07) is 49.2. The zero-order valence-corrected chi connectivity index (χ0v) is 33.5. The SMILES string of the molecule is CC(C)(C)c1ccc(N2B3c4sc5ccc(C(C)(C)C)cc5c4-n4c5cc6sc7ccccc7c6cc5c5ccc(c3c54)-c3c2ccc2ccccc32)cc1. The van der Waals surface area contributed by atoms with Crippen molar-refractivity contribution in [1.29, 1.82) is 0 Å². The lowest BCUT2D eigenvalue weighted by atomic mass is 9.47. The Morgan fingerprint density at radius 3 is 2.05 bits per heavy atom. The van der Waals surface area contributed by atoms with Crippen LogP contribution in [0, 0.1) is 0 Å². The summed E-state index contributed by atoms with van der Waals surface area (Å²) in [6.45, 7) is 13.9. The Balaban J connectivity index is 1.28. The van der Waals surface area contributed by atoms with Gasteiger partial charge in [0.25, 0.3) is 0 Å². The molecule has 0 saturated carbocycles. The van der Waals surface area contributed by atoms with Crippen LogP contribution in [0.25, 0.3) is 79.7 Å². The standard InChI is InChI=1S/C50H39BN2S2/c1-49(2,3)29-16-19-31(20-17-29)53-39-23-15-28-11-7-8-12-32(28)44(39)35-22-21-34-36-26-37-33-13-9-10-14-41(33)54-43(37)27-40(36)52-46(34)45(35)51(53)48-47(52)38-25-30(50(4,5)6)18-24-42(38)55-48/h7-27H,1-6H3. The normalized spacial score (nSPS) is 13.9. The summed E-state index contributed by atoms with van der Waals surface area (Å²) in [5.74, 6) is 0. The van der Waals surface area contributed by atoms with Crippen LogP contribution in [0.2, 0.25) is 0 Å². The van der Waals surface area contributed by atoms with E-state index in [-0.39, 0.29) is 17.7 Å². The molecule has 0 unspecified atom stereocenters. The van der Waals surface area contributed by atoms with Gasteiger partial charge in [-0.25, -0.2) is 0 Å². The summed E-state index contributed by atoms with van der Waals surface area (Å²) in [5, 5.41) is 9.29. The van der Waals surface area contributed by atoms with E-state index >= 15 is 0 Å². The Bertz CT molecular complexity index is 3290. The Labute approximate surface area is 329 Å². The van der Waals surface area contributed by atoms with Crippen molar-refractivity contribution in [3.63, 3.8) is 0 Å². The van der Waals surface area contributed by atoms with Crippen LogP contribution in [-0.2, 0) is 10.8 Å². The molecule has 7 aromatic carbocycles. The molecule has 10 aromatic rings. The molecule has 0 aliphatic carbocycles. The van der Waals surface area contributed by atoms with Gasteiger partial charge in [0, 0.05) is 62.7 Å². The Morgan fingerprint density at radius 1 is 0.527 bits per heavy atom. The molecule has 0 spiro atoms. The molecule has 2 aliphatic rings. The predicted octanol–water partition coefficient (Wildman–Crippen LogP) is 13.4.